The van der Waals surface area contributed by atoms with Crippen LogP contribution in [-0.4, -0.2) is 24.8 Å². The number of thioether (sulfide) groups is 2. The van der Waals surface area contributed by atoms with Gasteiger partial charge in [0.15, 0.2) is 0 Å². The van der Waals surface area contributed by atoms with Crippen molar-refractivity contribution in [2.45, 2.75) is 39.5 Å². The third kappa shape index (κ3) is 9.77. The van der Waals surface area contributed by atoms with E-state index in [1.54, 1.807) is 46.3 Å². The van der Waals surface area contributed by atoms with Gasteiger partial charge in [-0.3, -0.25) is 0 Å². The van der Waals surface area contributed by atoms with Gasteiger partial charge in [-0.2, -0.15) is 0 Å². The highest BCUT2D eigenvalue weighted by molar-refractivity contribution is 8.52. The lowest BCUT2D eigenvalue weighted by molar-refractivity contribution is 0.898. The van der Waals surface area contributed by atoms with Gasteiger partial charge in [0.05, 0.1) is 0 Å². The molecule has 2 atom stereocenters. The Labute approximate surface area is 443 Å². The van der Waals surface area contributed by atoms with Crippen molar-refractivity contribution in [1.82, 2.24) is 0 Å². The second-order valence-electron chi connectivity index (χ2n) is 18.0. The van der Waals surface area contributed by atoms with Crippen LogP contribution in [0.15, 0.2) is 146 Å². The Hall–Kier alpha value is -5.74. The smallest absolute Gasteiger partial charge is 0.0412 e. The van der Waals surface area contributed by atoms with Crippen LogP contribution in [0.4, 0.5) is 0 Å². The summed E-state index contributed by atoms with van der Waals surface area (Å²) < 4.78 is 0. The average molecular weight is 1030 g/mol. The van der Waals surface area contributed by atoms with E-state index in [1.807, 2.05) is 0 Å². The number of fused-ring (bicyclic) bond motifs is 9. The molecule has 0 N–H and O–H groups in total. The van der Waals surface area contributed by atoms with Crippen molar-refractivity contribution < 1.29 is 0 Å². The lowest BCUT2D eigenvalue weighted by atomic mass is 9.87. The summed E-state index contributed by atoms with van der Waals surface area (Å²) in [5.41, 5.74) is 6.63. The summed E-state index contributed by atoms with van der Waals surface area (Å²) in [5, 5.41) is 35.3. The Balaban J connectivity index is 1.11. The lowest BCUT2D eigenvalue weighted by Crippen LogP contribution is -1.93. The molecular weight excluding hydrogens is 983 g/mol. The summed E-state index contributed by atoms with van der Waals surface area (Å²) in [4.78, 5) is 0. The van der Waals surface area contributed by atoms with Crippen LogP contribution in [0.2, 0.25) is 0 Å². The van der Waals surface area contributed by atoms with Crippen LogP contribution in [0.25, 0.3) is 108 Å². The van der Waals surface area contributed by atoms with Gasteiger partial charge in [0.2, 0.25) is 0 Å². The zero-order valence-electron chi connectivity index (χ0n) is 40.7. The molecule has 0 aliphatic rings. The fourth-order valence-corrected chi connectivity index (χ4v) is 12.8. The largest absolute Gasteiger partial charge is 0.0747 e. The van der Waals surface area contributed by atoms with Crippen molar-refractivity contribution in [2.24, 2.45) is 0 Å². The minimum Gasteiger partial charge on any atom is -0.0747 e. The zero-order valence-corrected chi connectivity index (χ0v) is 46.0. The molecule has 11 aromatic rings. The van der Waals surface area contributed by atoms with Crippen LogP contribution >= 0.6 is 61.9 Å². The number of hydrogen-bond acceptors (Lipinski definition) is 4. The van der Waals surface area contributed by atoms with Gasteiger partial charge in [-0.15, -0.1) is 0 Å². The molecule has 0 bridgehead atoms. The van der Waals surface area contributed by atoms with E-state index in [0.29, 0.717) is 15.6 Å². The van der Waals surface area contributed by atoms with Crippen LogP contribution < -0.4 is 0 Å². The Morgan fingerprint density at radius 3 is 0.958 bits per heavy atom. The summed E-state index contributed by atoms with van der Waals surface area (Å²) in [5.74, 6) is 16.8. The number of benzene rings is 11. The molecule has 72 heavy (non-hydrogen) atoms. The van der Waals surface area contributed by atoms with Crippen molar-refractivity contribution in [3.63, 3.8) is 0 Å². The van der Waals surface area contributed by atoms with Crippen LogP contribution in [0.1, 0.15) is 61.8 Å². The Kier molecular flexibility index (Phi) is 14.9. The predicted octanol–water partition coefficient (Wildman–Crippen LogP) is 19.9. The maximum absolute atomic E-state index is 3.75. The first-order valence-corrected chi connectivity index (χ1v) is 32.7. The number of rotatable bonds is 9. The van der Waals surface area contributed by atoms with E-state index in [-0.39, 0.29) is 0 Å². The van der Waals surface area contributed by atoms with Crippen molar-refractivity contribution in [3.8, 4) is 55.8 Å². The maximum atomic E-state index is 3.75. The van der Waals surface area contributed by atoms with Crippen molar-refractivity contribution in [3.05, 3.63) is 168 Å². The van der Waals surface area contributed by atoms with Gasteiger partial charge in [-0.25, -0.2) is 0 Å². The molecule has 11 aromatic carbocycles. The van der Waals surface area contributed by atoms with Crippen LogP contribution in [0.5, 0.6) is 0 Å². The lowest BCUT2D eigenvalue weighted by Gasteiger charge is -2.15. The minimum atomic E-state index is 0.689. The van der Waals surface area contributed by atoms with E-state index in [0.717, 1.165) is 103 Å². The van der Waals surface area contributed by atoms with E-state index in [4.69, 9.17) is 0 Å². The third-order valence-electron chi connectivity index (χ3n) is 13.5. The first-order valence-electron chi connectivity index (χ1n) is 24.6. The summed E-state index contributed by atoms with van der Waals surface area (Å²) in [6.45, 7) is 8.86. The highest BCUT2D eigenvalue weighted by Gasteiger charge is 2.18. The van der Waals surface area contributed by atoms with Crippen molar-refractivity contribution in [1.29, 1.82) is 0 Å². The molecule has 0 amide bonds. The Bertz CT molecular complexity index is 4260. The molecule has 0 nitrogen and oxygen atoms in total. The zero-order chi connectivity index (χ0) is 49.0. The second-order valence-corrected chi connectivity index (χ2v) is 25.1. The fourth-order valence-electron chi connectivity index (χ4n) is 9.93. The highest BCUT2D eigenvalue weighted by Crippen LogP contribution is 2.42. The molecule has 2 unspecified atom stereocenters. The van der Waals surface area contributed by atoms with Crippen LogP contribution in [-0.2, 0) is 0 Å². The normalized spacial score (nSPS) is 11.6. The van der Waals surface area contributed by atoms with Gasteiger partial charge in [0.25, 0.3) is 0 Å². The van der Waals surface area contributed by atoms with E-state index < -0.39 is 0 Å². The average Bonchev–Trinajstić information content (AvgIpc) is 3.41. The molecule has 0 fully saturated rings. The summed E-state index contributed by atoms with van der Waals surface area (Å²) in [6, 6.07) is 54.7. The molecule has 6 heteroatoms. The maximum Gasteiger partial charge on any atom is 0.0412 e. The van der Waals surface area contributed by atoms with Gasteiger partial charge in [-0.05, 0) is 228 Å². The molecule has 0 saturated heterocycles. The highest BCUT2D eigenvalue weighted by atomic mass is 32.7. The summed E-state index contributed by atoms with van der Waals surface area (Å²) >= 11 is 6.83. The van der Waals surface area contributed by atoms with Crippen molar-refractivity contribution in [2.75, 3.05) is 24.8 Å². The monoisotopic (exact) mass is 1030 g/mol. The molecule has 348 valence electrons. The second kappa shape index (κ2) is 22.2. The molecule has 0 aliphatic carbocycles. The standard InChI is InChI=1S/C66H50P2S4/c1-5-7-25-69-27-21-55-61-37-49-19-17-47(33-51(49)39-63(61)56(22-28-70-26-8-6-2)66-42-54-32-44-14-10-9-13-43(44)31-53(54)41-65(55)66)48-18-20-50-38-62-57(23-29-71-67-3)59-35-45-15-11-12-16-46(45)36-60(59)58(24-30-72-68-4)64(62)40-52(50)34-48/h9-20,31-42,67-68H,5-8,25-26H2,1-4H3. The van der Waals surface area contributed by atoms with E-state index >= 15 is 0 Å². The van der Waals surface area contributed by atoms with Gasteiger partial charge in [-0.1, -0.05) is 185 Å². The Morgan fingerprint density at radius 2 is 0.625 bits per heavy atom. The van der Waals surface area contributed by atoms with Gasteiger partial charge < -0.3 is 0 Å². The Morgan fingerprint density at radius 1 is 0.333 bits per heavy atom. The third-order valence-corrected chi connectivity index (χ3v) is 17.7. The topological polar surface area (TPSA) is 0 Å². The molecule has 0 saturated carbocycles. The minimum absolute atomic E-state index is 0.689. The van der Waals surface area contributed by atoms with E-state index in [2.05, 4.69) is 217 Å². The quantitative estimate of drug-likeness (QED) is 0.0611. The van der Waals surface area contributed by atoms with Crippen LogP contribution in [0, 0.1) is 44.7 Å². The molecular formula is C66H50P2S4. The molecule has 11 rings (SSSR count). The summed E-state index contributed by atoms with van der Waals surface area (Å²) in [7, 11) is 1.38. The first-order chi connectivity index (χ1) is 35.5. The molecule has 0 spiro atoms. The summed E-state index contributed by atoms with van der Waals surface area (Å²) in [6.07, 6.45) is 4.62. The van der Waals surface area contributed by atoms with Crippen LogP contribution in [0.3, 0.4) is 0 Å². The molecule has 0 aromatic heterocycles. The SMILES string of the molecule is CCCCSC#Cc1c2cc3ccc(-c4ccc5cc6c(C#CSPC)c7cc8ccccc8cc7c(C#CSPC)c6cc5c4)cc3cc2c(C#CSCCCC)c2cc3cc4ccccc4cc3cc12. The van der Waals surface area contributed by atoms with E-state index in [1.165, 1.54) is 65.0 Å². The van der Waals surface area contributed by atoms with Gasteiger partial charge in [0, 0.05) is 33.8 Å². The predicted molar refractivity (Wildman–Crippen MR) is 335 cm³/mol. The first kappa shape index (κ1) is 48.5. The fraction of sp³-hybridized carbons (Fsp3) is 0.152. The molecule has 0 heterocycles. The van der Waals surface area contributed by atoms with Gasteiger partial charge >= 0.3 is 0 Å². The van der Waals surface area contributed by atoms with E-state index in [9.17, 15) is 0 Å². The number of hydrogen-bond donors (Lipinski definition) is 0. The van der Waals surface area contributed by atoms with Crippen molar-refractivity contribution >= 4 is 159 Å². The van der Waals surface area contributed by atoms with Gasteiger partial charge in [0.1, 0.15) is 0 Å². The molecule has 0 aliphatic heterocycles. The molecule has 0 radical (unpaired) electrons. The number of unbranched alkanes of at least 4 members (excludes halogenated alkanes) is 2.